The molecule has 0 atom stereocenters. The van der Waals surface area contributed by atoms with Crippen LogP contribution in [0, 0.1) is 13.8 Å². The van der Waals surface area contributed by atoms with E-state index in [0.717, 1.165) is 18.5 Å². The van der Waals surface area contributed by atoms with Crippen LogP contribution in [-0.4, -0.2) is 4.98 Å². The molecule has 0 radical (unpaired) electrons. The second kappa shape index (κ2) is 2.99. The zero-order valence-electron chi connectivity index (χ0n) is 8.52. The lowest BCUT2D eigenvalue weighted by Gasteiger charge is -2.03. The van der Waals surface area contributed by atoms with E-state index in [4.69, 9.17) is 0 Å². The van der Waals surface area contributed by atoms with Crippen molar-refractivity contribution >= 4 is 6.08 Å². The number of hydrogen-bond acceptors (Lipinski definition) is 1. The zero-order valence-corrected chi connectivity index (χ0v) is 8.52. The molecule has 1 aliphatic rings. The molecule has 0 aromatic carbocycles. The lowest BCUT2D eigenvalue weighted by molar-refractivity contribution is 0.980. The Morgan fingerprint density at radius 3 is 2.85 bits per heavy atom. The van der Waals surface area contributed by atoms with E-state index in [-0.39, 0.29) is 0 Å². The monoisotopic (exact) mass is 173 g/mol. The minimum atomic E-state index is 1.06. The Morgan fingerprint density at radius 1 is 1.38 bits per heavy atom. The Hall–Kier alpha value is -1.11. The smallest absolute Gasteiger partial charge is 0.0522 e. The van der Waals surface area contributed by atoms with Crippen LogP contribution in [0.2, 0.25) is 0 Å². The molecule has 1 heterocycles. The van der Waals surface area contributed by atoms with E-state index in [1.165, 1.54) is 22.4 Å². The molecule has 0 aliphatic heterocycles. The predicted octanol–water partition coefficient (Wildman–Crippen LogP) is 3.05. The first-order valence-electron chi connectivity index (χ1n) is 4.87. The van der Waals surface area contributed by atoms with Crippen molar-refractivity contribution in [2.24, 2.45) is 0 Å². The number of allylic oxidation sites excluding steroid dienone is 1. The number of aryl methyl sites for hydroxylation is 2. The van der Waals surface area contributed by atoms with Crippen LogP contribution in [-0.2, 0) is 6.42 Å². The zero-order chi connectivity index (χ0) is 9.42. The Labute approximate surface area is 79.5 Å². The summed E-state index contributed by atoms with van der Waals surface area (Å²) >= 11 is 0. The predicted molar refractivity (Wildman–Crippen MR) is 55.7 cm³/mol. The molecule has 0 bridgehead atoms. The van der Waals surface area contributed by atoms with Gasteiger partial charge in [-0.2, -0.15) is 0 Å². The quantitative estimate of drug-likeness (QED) is 0.636. The van der Waals surface area contributed by atoms with Crippen LogP contribution in [0.25, 0.3) is 6.08 Å². The Bertz CT molecular complexity index is 375. The molecule has 0 amide bonds. The fraction of sp³-hybridized carbons (Fsp3) is 0.417. The van der Waals surface area contributed by atoms with Gasteiger partial charge in [-0.05, 0) is 37.5 Å². The second-order valence-corrected chi connectivity index (χ2v) is 3.77. The van der Waals surface area contributed by atoms with E-state index in [2.05, 4.69) is 37.9 Å². The van der Waals surface area contributed by atoms with Crippen LogP contribution in [0.3, 0.4) is 0 Å². The largest absolute Gasteiger partial charge is 0.257 e. The fourth-order valence-corrected chi connectivity index (χ4v) is 1.95. The van der Waals surface area contributed by atoms with Gasteiger partial charge in [0.25, 0.3) is 0 Å². The summed E-state index contributed by atoms with van der Waals surface area (Å²) in [7, 11) is 0. The van der Waals surface area contributed by atoms with Gasteiger partial charge in [0.1, 0.15) is 0 Å². The lowest BCUT2D eigenvalue weighted by atomic mass is 10.1. The number of hydrogen-bond donors (Lipinski definition) is 0. The molecule has 2 rings (SSSR count). The summed E-state index contributed by atoms with van der Waals surface area (Å²) in [4.78, 5) is 4.56. The van der Waals surface area contributed by atoms with Crippen molar-refractivity contribution < 1.29 is 0 Å². The standard InChI is InChI=1S/C12H15N/c1-4-10-6-11-8(2)5-9(3)13-12(11)7-10/h5-6H,4,7H2,1-3H3. The van der Waals surface area contributed by atoms with E-state index in [1.54, 1.807) is 0 Å². The van der Waals surface area contributed by atoms with Gasteiger partial charge in [0.05, 0.1) is 5.69 Å². The van der Waals surface area contributed by atoms with Gasteiger partial charge in [-0.1, -0.05) is 18.6 Å². The van der Waals surface area contributed by atoms with Gasteiger partial charge in [0, 0.05) is 12.1 Å². The van der Waals surface area contributed by atoms with Crippen molar-refractivity contribution in [1.29, 1.82) is 0 Å². The first-order chi connectivity index (χ1) is 6.20. The molecular formula is C12H15N. The maximum atomic E-state index is 4.56. The molecule has 1 aromatic heterocycles. The molecule has 0 saturated carbocycles. The number of aromatic nitrogens is 1. The molecule has 1 nitrogen and oxygen atoms in total. The Morgan fingerprint density at radius 2 is 2.15 bits per heavy atom. The molecule has 68 valence electrons. The van der Waals surface area contributed by atoms with Crippen LogP contribution >= 0.6 is 0 Å². The topological polar surface area (TPSA) is 12.9 Å². The third kappa shape index (κ3) is 1.39. The van der Waals surface area contributed by atoms with Gasteiger partial charge in [0.15, 0.2) is 0 Å². The van der Waals surface area contributed by atoms with E-state index < -0.39 is 0 Å². The second-order valence-electron chi connectivity index (χ2n) is 3.77. The highest BCUT2D eigenvalue weighted by Gasteiger charge is 2.14. The number of fused-ring (bicyclic) bond motifs is 1. The van der Waals surface area contributed by atoms with Gasteiger partial charge in [0.2, 0.25) is 0 Å². The highest BCUT2D eigenvalue weighted by molar-refractivity contribution is 5.64. The molecule has 1 aliphatic carbocycles. The van der Waals surface area contributed by atoms with Crippen molar-refractivity contribution in [2.45, 2.75) is 33.6 Å². The van der Waals surface area contributed by atoms with Crippen LogP contribution in [0.4, 0.5) is 0 Å². The summed E-state index contributed by atoms with van der Waals surface area (Å²) in [6.45, 7) is 6.44. The van der Waals surface area contributed by atoms with E-state index >= 15 is 0 Å². The van der Waals surface area contributed by atoms with Crippen molar-refractivity contribution in [3.63, 3.8) is 0 Å². The summed E-state index contributed by atoms with van der Waals surface area (Å²) in [6.07, 6.45) is 4.51. The Balaban J connectivity index is 2.50. The molecule has 13 heavy (non-hydrogen) atoms. The van der Waals surface area contributed by atoms with Crippen LogP contribution in [0.5, 0.6) is 0 Å². The van der Waals surface area contributed by atoms with Crippen LogP contribution < -0.4 is 0 Å². The average Bonchev–Trinajstić information content (AvgIpc) is 2.47. The number of pyridine rings is 1. The van der Waals surface area contributed by atoms with E-state index in [1.807, 2.05) is 0 Å². The van der Waals surface area contributed by atoms with E-state index in [9.17, 15) is 0 Å². The minimum Gasteiger partial charge on any atom is -0.257 e. The van der Waals surface area contributed by atoms with Gasteiger partial charge < -0.3 is 0 Å². The SMILES string of the molecule is CCC1=Cc2c(C)cc(C)nc2C1. The summed E-state index contributed by atoms with van der Waals surface area (Å²) in [5.74, 6) is 0. The van der Waals surface area contributed by atoms with E-state index in [0.29, 0.717) is 0 Å². The van der Waals surface area contributed by atoms with Gasteiger partial charge >= 0.3 is 0 Å². The molecule has 0 unspecified atom stereocenters. The van der Waals surface area contributed by atoms with Crippen molar-refractivity contribution in [2.75, 3.05) is 0 Å². The molecule has 0 spiro atoms. The molecule has 0 N–H and O–H groups in total. The third-order valence-corrected chi connectivity index (χ3v) is 2.67. The third-order valence-electron chi connectivity index (χ3n) is 2.67. The molecule has 0 saturated heterocycles. The maximum absolute atomic E-state index is 4.56. The summed E-state index contributed by atoms with van der Waals surface area (Å²) in [6, 6.07) is 2.16. The van der Waals surface area contributed by atoms with Crippen molar-refractivity contribution in [3.05, 3.63) is 34.2 Å². The van der Waals surface area contributed by atoms with Gasteiger partial charge in [-0.25, -0.2) is 0 Å². The van der Waals surface area contributed by atoms with Crippen molar-refractivity contribution in [3.8, 4) is 0 Å². The molecule has 1 aromatic rings. The fourth-order valence-electron chi connectivity index (χ4n) is 1.95. The van der Waals surface area contributed by atoms with Gasteiger partial charge in [-0.15, -0.1) is 0 Å². The number of nitrogens with zero attached hydrogens (tertiary/aromatic N) is 1. The van der Waals surface area contributed by atoms with Crippen LogP contribution in [0.1, 0.15) is 35.9 Å². The maximum Gasteiger partial charge on any atom is 0.0522 e. The highest BCUT2D eigenvalue weighted by Crippen LogP contribution is 2.27. The highest BCUT2D eigenvalue weighted by atomic mass is 14.7. The number of rotatable bonds is 1. The summed E-state index contributed by atoms with van der Waals surface area (Å²) < 4.78 is 0. The minimum absolute atomic E-state index is 1.06. The first kappa shape index (κ1) is 8.49. The molecular weight excluding hydrogens is 158 g/mol. The Kier molecular flexibility index (Phi) is 1.95. The van der Waals surface area contributed by atoms with Crippen molar-refractivity contribution in [1.82, 2.24) is 4.98 Å². The van der Waals surface area contributed by atoms with Gasteiger partial charge in [-0.3, -0.25) is 4.98 Å². The van der Waals surface area contributed by atoms with Crippen LogP contribution in [0.15, 0.2) is 11.6 Å². The summed E-state index contributed by atoms with van der Waals surface area (Å²) in [5, 5.41) is 0. The first-order valence-corrected chi connectivity index (χ1v) is 4.87. The molecule has 1 heteroatoms. The summed E-state index contributed by atoms with van der Waals surface area (Å²) in [5.41, 5.74) is 6.65. The lowest BCUT2D eigenvalue weighted by Crippen LogP contribution is -1.94. The average molecular weight is 173 g/mol. The molecule has 0 fully saturated rings. The normalized spacial score (nSPS) is 14.2.